The molecular formula is C24H31N3O3. The molecule has 0 unspecified atom stereocenters. The summed E-state index contributed by atoms with van der Waals surface area (Å²) in [6.07, 6.45) is 1.94. The Kier molecular flexibility index (Phi) is 7.49. The molecule has 0 aliphatic carbocycles. The minimum absolute atomic E-state index is 0.162. The van der Waals surface area contributed by atoms with E-state index in [-0.39, 0.29) is 6.04 Å². The van der Waals surface area contributed by atoms with Crippen LogP contribution >= 0.6 is 0 Å². The van der Waals surface area contributed by atoms with E-state index in [1.807, 2.05) is 48.1 Å². The van der Waals surface area contributed by atoms with Gasteiger partial charge < -0.3 is 19.5 Å². The number of benzene rings is 2. The topological polar surface area (TPSA) is 57.5 Å². The summed E-state index contributed by atoms with van der Waals surface area (Å²) in [5.41, 5.74) is 5.57. The average Bonchev–Trinajstić information content (AvgIpc) is 3.17. The Labute approximate surface area is 178 Å². The molecule has 0 radical (unpaired) electrons. The number of rotatable bonds is 10. The van der Waals surface area contributed by atoms with Gasteiger partial charge in [0, 0.05) is 36.0 Å². The molecule has 0 bridgehead atoms. The third-order valence-electron chi connectivity index (χ3n) is 5.25. The van der Waals surface area contributed by atoms with E-state index in [2.05, 4.69) is 36.4 Å². The first kappa shape index (κ1) is 21.9. The van der Waals surface area contributed by atoms with E-state index in [0.29, 0.717) is 13.2 Å². The van der Waals surface area contributed by atoms with Crippen molar-refractivity contribution in [1.82, 2.24) is 15.1 Å². The summed E-state index contributed by atoms with van der Waals surface area (Å²) in [6.45, 7) is 8.23. The molecule has 1 atom stereocenters. The number of nitrogens with one attached hydrogen (secondary N) is 1. The number of aromatic nitrogens is 2. The lowest BCUT2D eigenvalue weighted by Gasteiger charge is -2.16. The van der Waals surface area contributed by atoms with Crippen molar-refractivity contribution in [3.63, 3.8) is 0 Å². The van der Waals surface area contributed by atoms with Gasteiger partial charge in [0.1, 0.15) is 11.5 Å². The third kappa shape index (κ3) is 5.01. The molecule has 6 nitrogen and oxygen atoms in total. The molecule has 3 aromatic rings. The van der Waals surface area contributed by atoms with Gasteiger partial charge in [-0.2, -0.15) is 5.10 Å². The number of methoxy groups -OCH3 is 2. The van der Waals surface area contributed by atoms with Crippen molar-refractivity contribution < 1.29 is 14.2 Å². The molecule has 0 fully saturated rings. The van der Waals surface area contributed by atoms with Gasteiger partial charge in [-0.15, -0.1) is 0 Å². The maximum atomic E-state index is 5.57. The molecule has 1 aromatic heterocycles. The Bertz CT molecular complexity index is 951. The first-order valence-corrected chi connectivity index (χ1v) is 10.2. The molecule has 0 aliphatic rings. The third-order valence-corrected chi connectivity index (χ3v) is 5.25. The monoisotopic (exact) mass is 409 g/mol. The second-order valence-electron chi connectivity index (χ2n) is 7.18. The van der Waals surface area contributed by atoms with Crippen molar-refractivity contribution in [2.75, 3.05) is 20.8 Å². The molecule has 0 aliphatic heterocycles. The Morgan fingerprint density at radius 1 is 1.07 bits per heavy atom. The van der Waals surface area contributed by atoms with Crippen LogP contribution in [0.25, 0.3) is 5.69 Å². The van der Waals surface area contributed by atoms with Crippen LogP contribution in [0.3, 0.4) is 0 Å². The summed E-state index contributed by atoms with van der Waals surface area (Å²) in [5.74, 6) is 1.69. The van der Waals surface area contributed by atoms with Crippen LogP contribution in [0.5, 0.6) is 11.5 Å². The largest absolute Gasteiger partial charge is 0.497 e. The predicted molar refractivity (Wildman–Crippen MR) is 118 cm³/mol. The van der Waals surface area contributed by atoms with Crippen molar-refractivity contribution in [2.24, 2.45) is 0 Å². The zero-order chi connectivity index (χ0) is 21.5. The normalized spacial score (nSPS) is 12.0. The minimum atomic E-state index is 0.162. The summed E-state index contributed by atoms with van der Waals surface area (Å²) >= 11 is 0. The number of hydrogen-bond donors (Lipinski definition) is 1. The number of hydrogen-bond acceptors (Lipinski definition) is 5. The molecule has 0 amide bonds. The first-order valence-electron chi connectivity index (χ1n) is 10.2. The molecule has 0 saturated heterocycles. The highest BCUT2D eigenvalue weighted by molar-refractivity contribution is 5.40. The second-order valence-corrected chi connectivity index (χ2v) is 7.18. The second kappa shape index (κ2) is 10.3. The fourth-order valence-electron chi connectivity index (χ4n) is 3.48. The van der Waals surface area contributed by atoms with Gasteiger partial charge in [-0.1, -0.05) is 6.07 Å². The molecule has 0 saturated carbocycles. The smallest absolute Gasteiger partial charge is 0.124 e. The summed E-state index contributed by atoms with van der Waals surface area (Å²) in [6, 6.07) is 14.3. The van der Waals surface area contributed by atoms with Crippen LogP contribution in [0, 0.1) is 6.92 Å². The molecule has 1 heterocycles. The highest BCUT2D eigenvalue weighted by atomic mass is 16.5. The lowest BCUT2D eigenvalue weighted by molar-refractivity contribution is 0.132. The van der Waals surface area contributed by atoms with Gasteiger partial charge >= 0.3 is 0 Å². The van der Waals surface area contributed by atoms with E-state index in [0.717, 1.165) is 35.0 Å². The minimum Gasteiger partial charge on any atom is -0.497 e. The fraction of sp³-hybridized carbons (Fsp3) is 0.375. The Balaban J connectivity index is 1.69. The highest BCUT2D eigenvalue weighted by Crippen LogP contribution is 2.24. The Morgan fingerprint density at radius 3 is 2.50 bits per heavy atom. The Hall–Kier alpha value is -2.83. The van der Waals surface area contributed by atoms with Crippen LogP contribution in [-0.4, -0.2) is 30.6 Å². The van der Waals surface area contributed by atoms with Crippen LogP contribution in [-0.2, 0) is 17.9 Å². The molecular weight excluding hydrogens is 378 g/mol. The van der Waals surface area contributed by atoms with Crippen LogP contribution in [0.4, 0.5) is 0 Å². The van der Waals surface area contributed by atoms with Gasteiger partial charge in [-0.05, 0) is 62.7 Å². The van der Waals surface area contributed by atoms with Crippen molar-refractivity contribution in [1.29, 1.82) is 0 Å². The fourth-order valence-corrected chi connectivity index (χ4v) is 3.48. The van der Waals surface area contributed by atoms with Crippen LogP contribution < -0.4 is 14.8 Å². The molecule has 30 heavy (non-hydrogen) atoms. The quantitative estimate of drug-likeness (QED) is 0.531. The van der Waals surface area contributed by atoms with E-state index < -0.39 is 0 Å². The predicted octanol–water partition coefficient (Wildman–Crippen LogP) is 4.59. The molecule has 6 heteroatoms. The van der Waals surface area contributed by atoms with Crippen molar-refractivity contribution >= 4 is 0 Å². The molecule has 0 spiro atoms. The van der Waals surface area contributed by atoms with E-state index in [1.165, 1.54) is 11.1 Å². The highest BCUT2D eigenvalue weighted by Gasteiger charge is 2.14. The van der Waals surface area contributed by atoms with Crippen LogP contribution in [0.15, 0.2) is 48.7 Å². The van der Waals surface area contributed by atoms with Gasteiger partial charge in [0.05, 0.1) is 32.7 Å². The summed E-state index contributed by atoms with van der Waals surface area (Å²) in [5, 5.41) is 8.20. The summed E-state index contributed by atoms with van der Waals surface area (Å²) in [7, 11) is 3.36. The maximum absolute atomic E-state index is 5.57. The SMILES string of the molecule is CCOCc1cc(CN[C@@H](C)c2cnn(-c3ccc(OC)cc3)c2C)ccc1OC. The van der Waals surface area contributed by atoms with Crippen LogP contribution in [0.2, 0.25) is 0 Å². The first-order chi connectivity index (χ1) is 14.6. The molecule has 2 aromatic carbocycles. The van der Waals surface area contributed by atoms with Crippen molar-refractivity contribution in [3.05, 3.63) is 71.0 Å². The van der Waals surface area contributed by atoms with E-state index in [9.17, 15) is 0 Å². The van der Waals surface area contributed by atoms with Gasteiger partial charge in [-0.3, -0.25) is 0 Å². The van der Waals surface area contributed by atoms with Crippen molar-refractivity contribution in [2.45, 2.75) is 40.0 Å². The zero-order valence-corrected chi connectivity index (χ0v) is 18.4. The Morgan fingerprint density at radius 2 is 1.83 bits per heavy atom. The zero-order valence-electron chi connectivity index (χ0n) is 18.4. The van der Waals surface area contributed by atoms with Gasteiger partial charge in [0.15, 0.2) is 0 Å². The summed E-state index contributed by atoms with van der Waals surface area (Å²) in [4.78, 5) is 0. The molecule has 3 rings (SSSR count). The lowest BCUT2D eigenvalue weighted by Crippen LogP contribution is -2.19. The van der Waals surface area contributed by atoms with E-state index in [4.69, 9.17) is 14.2 Å². The van der Waals surface area contributed by atoms with Gasteiger partial charge in [-0.25, -0.2) is 4.68 Å². The molecule has 160 valence electrons. The summed E-state index contributed by atoms with van der Waals surface area (Å²) < 4.78 is 18.2. The number of ether oxygens (including phenoxy) is 3. The van der Waals surface area contributed by atoms with Gasteiger partial charge in [0.25, 0.3) is 0 Å². The standard InChI is InChI=1S/C24H31N3O3/c1-6-30-16-20-13-19(7-12-24(20)29-5)14-25-17(2)23-15-26-27(18(23)3)21-8-10-22(28-4)11-9-21/h7-13,15,17,25H,6,14,16H2,1-5H3/t17-/m0/s1. The number of nitrogens with zero attached hydrogens (tertiary/aromatic N) is 2. The van der Waals surface area contributed by atoms with Crippen LogP contribution in [0.1, 0.15) is 42.3 Å². The van der Waals surface area contributed by atoms with Gasteiger partial charge in [0.2, 0.25) is 0 Å². The van der Waals surface area contributed by atoms with E-state index >= 15 is 0 Å². The lowest BCUT2D eigenvalue weighted by atomic mass is 10.1. The maximum Gasteiger partial charge on any atom is 0.124 e. The van der Waals surface area contributed by atoms with Crippen molar-refractivity contribution in [3.8, 4) is 17.2 Å². The average molecular weight is 410 g/mol. The molecule has 1 N–H and O–H groups in total. The van der Waals surface area contributed by atoms with E-state index in [1.54, 1.807) is 14.2 Å².